The van der Waals surface area contributed by atoms with Crippen LogP contribution in [0.4, 0.5) is 0 Å². The van der Waals surface area contributed by atoms with Crippen LogP contribution >= 0.6 is 0 Å². The molecule has 2 saturated carbocycles. The van der Waals surface area contributed by atoms with Gasteiger partial charge < -0.3 is 15.9 Å². The minimum absolute atomic E-state index is 0.177. The Hall–Kier alpha value is -0.970. The van der Waals surface area contributed by atoms with Crippen molar-refractivity contribution in [3.63, 3.8) is 0 Å². The molecule has 3 unspecified atom stereocenters. The number of aliphatic hydroxyl groups excluding tert-OH is 2. The number of rotatable bonds is 2. The summed E-state index contributed by atoms with van der Waals surface area (Å²) >= 11 is 0. The second-order valence-corrected chi connectivity index (χ2v) is 9.21. The molecule has 0 aliphatic heterocycles. The summed E-state index contributed by atoms with van der Waals surface area (Å²) in [7, 11) is 0. The minimum Gasteiger partial charge on any atom is -0.389 e. The molecule has 4 aliphatic carbocycles. The predicted molar refractivity (Wildman–Crippen MR) is 96.6 cm³/mol. The Bertz CT molecular complexity index is 654. The molecule has 0 amide bonds. The topological polar surface area (TPSA) is 83.5 Å². The van der Waals surface area contributed by atoms with Gasteiger partial charge >= 0.3 is 0 Å². The average Bonchev–Trinajstić information content (AvgIpc) is 2.89. The highest BCUT2D eigenvalue weighted by Crippen LogP contribution is 2.64. The first-order valence-electron chi connectivity index (χ1n) is 9.83. The summed E-state index contributed by atoms with van der Waals surface area (Å²) in [5, 5.41) is 19.7. The van der Waals surface area contributed by atoms with Crippen molar-refractivity contribution in [1.82, 2.24) is 0 Å². The van der Waals surface area contributed by atoms with Crippen molar-refractivity contribution in [3.05, 3.63) is 23.3 Å². The molecule has 0 bridgehead atoms. The van der Waals surface area contributed by atoms with Gasteiger partial charge in [-0.05, 0) is 67.8 Å². The van der Waals surface area contributed by atoms with Gasteiger partial charge in [0.25, 0.3) is 0 Å². The van der Waals surface area contributed by atoms with Crippen LogP contribution in [0.15, 0.2) is 23.3 Å². The summed E-state index contributed by atoms with van der Waals surface area (Å²) in [5.74, 6) is 1.13. The fourth-order valence-corrected chi connectivity index (χ4v) is 6.74. The van der Waals surface area contributed by atoms with Gasteiger partial charge in [-0.15, -0.1) is 0 Å². The van der Waals surface area contributed by atoms with E-state index in [9.17, 15) is 15.0 Å². The van der Waals surface area contributed by atoms with Crippen LogP contribution in [0.5, 0.6) is 0 Å². The first-order chi connectivity index (χ1) is 11.8. The maximum atomic E-state index is 12.5. The molecule has 4 N–H and O–H groups in total. The number of fused-ring (bicyclic) bond motifs is 5. The van der Waals surface area contributed by atoms with Crippen molar-refractivity contribution in [3.8, 4) is 0 Å². The van der Waals surface area contributed by atoms with Crippen molar-refractivity contribution in [2.75, 3.05) is 6.61 Å². The summed E-state index contributed by atoms with van der Waals surface area (Å²) in [6.45, 7) is 4.04. The van der Waals surface area contributed by atoms with Crippen molar-refractivity contribution < 1.29 is 15.0 Å². The van der Waals surface area contributed by atoms with E-state index in [4.69, 9.17) is 5.73 Å². The third-order valence-electron chi connectivity index (χ3n) is 8.26. The molecule has 4 rings (SSSR count). The van der Waals surface area contributed by atoms with Crippen molar-refractivity contribution in [1.29, 1.82) is 0 Å². The van der Waals surface area contributed by atoms with Gasteiger partial charge in [-0.1, -0.05) is 25.5 Å². The zero-order valence-corrected chi connectivity index (χ0v) is 15.4. The number of allylic oxidation sites excluding steroid dienone is 2. The van der Waals surface area contributed by atoms with Gasteiger partial charge in [0.15, 0.2) is 5.78 Å². The van der Waals surface area contributed by atoms with Gasteiger partial charge in [-0.3, -0.25) is 4.79 Å². The minimum atomic E-state index is -0.575. The van der Waals surface area contributed by atoms with Crippen molar-refractivity contribution in [2.45, 2.75) is 64.5 Å². The maximum absolute atomic E-state index is 12.5. The van der Waals surface area contributed by atoms with Crippen LogP contribution in [0.1, 0.15) is 52.4 Å². The lowest BCUT2D eigenvalue weighted by Gasteiger charge is -2.56. The Morgan fingerprint density at radius 3 is 2.76 bits per heavy atom. The molecule has 0 radical (unpaired) electrons. The van der Waals surface area contributed by atoms with Gasteiger partial charge in [0.1, 0.15) is 6.61 Å². The summed E-state index contributed by atoms with van der Waals surface area (Å²) < 4.78 is 0. The van der Waals surface area contributed by atoms with Crippen LogP contribution in [-0.4, -0.2) is 34.7 Å². The number of hydrogen-bond donors (Lipinski definition) is 3. The van der Waals surface area contributed by atoms with Crippen molar-refractivity contribution in [2.24, 2.45) is 34.3 Å². The number of ketones is 1. The summed E-state index contributed by atoms with van der Waals surface area (Å²) in [6.07, 6.45) is 9.64. The lowest BCUT2D eigenvalue weighted by atomic mass is 9.48. The normalized spacial score (nSPS) is 48.8. The molecule has 138 valence electrons. The van der Waals surface area contributed by atoms with Gasteiger partial charge in [0.05, 0.1) is 6.10 Å². The monoisotopic (exact) mass is 345 g/mol. The third-order valence-corrected chi connectivity index (χ3v) is 8.26. The molecule has 4 heteroatoms. The van der Waals surface area contributed by atoms with E-state index >= 15 is 0 Å². The highest BCUT2D eigenvalue weighted by atomic mass is 16.3. The van der Waals surface area contributed by atoms with E-state index in [1.807, 2.05) is 0 Å². The Balaban J connectivity index is 1.80. The van der Waals surface area contributed by atoms with E-state index in [2.05, 4.69) is 19.9 Å². The Labute approximate surface area is 150 Å². The zero-order chi connectivity index (χ0) is 18.0. The standard InChI is InChI=1S/C21H31NO3/c1-20-8-7-16-14(15(20)5-6-19(20)22)4-3-12-9-13(24)10-17(18(25)11-23)21(12,16)2/h7,10,12-15,19,23-24H,3-6,8-9,11,22H2,1-2H3/t12?,13?,14-,15-,19?,20-,21-/m0/s1. The van der Waals surface area contributed by atoms with Crippen LogP contribution in [0.3, 0.4) is 0 Å². The van der Waals surface area contributed by atoms with E-state index in [1.165, 1.54) is 12.0 Å². The highest BCUT2D eigenvalue weighted by molar-refractivity contribution is 5.98. The number of nitrogens with two attached hydrogens (primary N) is 1. The zero-order valence-electron chi connectivity index (χ0n) is 15.4. The van der Waals surface area contributed by atoms with E-state index in [0.717, 1.165) is 25.7 Å². The van der Waals surface area contributed by atoms with E-state index in [1.54, 1.807) is 6.08 Å². The first-order valence-corrected chi connectivity index (χ1v) is 9.83. The number of aliphatic hydroxyl groups is 2. The van der Waals surface area contributed by atoms with E-state index in [-0.39, 0.29) is 28.6 Å². The molecule has 25 heavy (non-hydrogen) atoms. The largest absolute Gasteiger partial charge is 0.389 e. The molecule has 0 aromatic carbocycles. The predicted octanol–water partition coefficient (Wildman–Crippen LogP) is 2.35. The quantitative estimate of drug-likeness (QED) is 0.671. The summed E-state index contributed by atoms with van der Waals surface area (Å²) in [5.41, 5.74) is 8.33. The summed E-state index contributed by atoms with van der Waals surface area (Å²) in [4.78, 5) is 12.5. The maximum Gasteiger partial charge on any atom is 0.184 e. The number of Topliss-reactive ketones (excluding diaryl/α,β-unsaturated/α-hetero) is 1. The Morgan fingerprint density at radius 1 is 1.28 bits per heavy atom. The lowest BCUT2D eigenvalue weighted by Crippen LogP contribution is -2.51. The van der Waals surface area contributed by atoms with Gasteiger partial charge in [-0.2, -0.15) is 0 Å². The first kappa shape index (κ1) is 17.4. The van der Waals surface area contributed by atoms with Crippen LogP contribution in [-0.2, 0) is 4.79 Å². The number of carbonyl (C=O) groups excluding carboxylic acids is 1. The molecular weight excluding hydrogens is 314 g/mol. The molecule has 4 aliphatic rings. The van der Waals surface area contributed by atoms with Crippen LogP contribution in [0, 0.1) is 28.6 Å². The Kier molecular flexibility index (Phi) is 4.02. The van der Waals surface area contributed by atoms with Crippen LogP contribution < -0.4 is 5.73 Å². The van der Waals surface area contributed by atoms with E-state index < -0.39 is 12.7 Å². The second-order valence-electron chi connectivity index (χ2n) is 9.21. The molecule has 4 nitrogen and oxygen atoms in total. The fourth-order valence-electron chi connectivity index (χ4n) is 6.74. The second kappa shape index (κ2) is 5.77. The Morgan fingerprint density at radius 2 is 2.04 bits per heavy atom. The van der Waals surface area contributed by atoms with Gasteiger partial charge in [0.2, 0.25) is 0 Å². The number of hydrogen-bond acceptors (Lipinski definition) is 4. The molecule has 0 aromatic rings. The lowest BCUT2D eigenvalue weighted by molar-refractivity contribution is -0.120. The molecule has 0 heterocycles. The highest BCUT2D eigenvalue weighted by Gasteiger charge is 2.58. The van der Waals surface area contributed by atoms with Crippen molar-refractivity contribution >= 4 is 5.78 Å². The van der Waals surface area contributed by atoms with E-state index in [0.29, 0.717) is 23.8 Å². The molecule has 0 spiro atoms. The molecule has 0 aromatic heterocycles. The van der Waals surface area contributed by atoms with Gasteiger partial charge in [0, 0.05) is 17.0 Å². The molecular formula is C21H31NO3. The smallest absolute Gasteiger partial charge is 0.184 e. The van der Waals surface area contributed by atoms with Crippen LogP contribution in [0.25, 0.3) is 0 Å². The summed E-state index contributed by atoms with van der Waals surface area (Å²) in [6, 6.07) is 0.267. The average molecular weight is 345 g/mol. The fraction of sp³-hybridized carbons (Fsp3) is 0.762. The molecule has 0 saturated heterocycles. The molecule has 2 fully saturated rings. The van der Waals surface area contributed by atoms with Crippen LogP contribution in [0.2, 0.25) is 0 Å². The third kappa shape index (κ3) is 2.27. The SMILES string of the molecule is C[C@]12C(C(=O)CO)=CC(O)CC1CC[C@@H]1C2=CC[C@]2(C)C(N)CC[C@@H]12. The van der Waals surface area contributed by atoms with Gasteiger partial charge in [-0.25, -0.2) is 0 Å². The molecule has 7 atom stereocenters. The number of carbonyl (C=O) groups is 1.